The summed E-state index contributed by atoms with van der Waals surface area (Å²) in [6.45, 7) is 0. The first-order valence-electron chi connectivity index (χ1n) is 10.4. The Morgan fingerprint density at radius 3 is 2.03 bits per heavy atom. The van der Waals surface area contributed by atoms with Crippen molar-refractivity contribution in [1.82, 2.24) is 4.57 Å². The largest absolute Gasteiger partial charge is 0.505 e. The molecule has 1 heterocycles. The number of sulfone groups is 1. The molecule has 0 spiro atoms. The molecular weight excluding hydrogens is 458 g/mol. The average Bonchev–Trinajstić information content (AvgIpc) is 3.20. The van der Waals surface area contributed by atoms with E-state index in [0.717, 1.165) is 7.11 Å². The van der Waals surface area contributed by atoms with E-state index in [-0.39, 0.29) is 27.4 Å². The maximum Gasteiger partial charge on any atom is 0.354 e. The molecule has 0 bridgehead atoms. The number of esters is 2. The van der Waals surface area contributed by atoms with Crippen LogP contribution in [-0.4, -0.2) is 44.2 Å². The Balaban J connectivity index is 2.12. The van der Waals surface area contributed by atoms with Crippen LogP contribution in [0.4, 0.5) is 0 Å². The van der Waals surface area contributed by atoms with Crippen LogP contribution in [0.1, 0.15) is 38.5 Å². The van der Waals surface area contributed by atoms with Crippen molar-refractivity contribution in [2.75, 3.05) is 14.2 Å². The molecule has 3 aromatic rings. The predicted molar refractivity (Wildman–Crippen MR) is 124 cm³/mol. The highest BCUT2D eigenvalue weighted by molar-refractivity contribution is 7.91. The second kappa shape index (κ2) is 8.83. The summed E-state index contributed by atoms with van der Waals surface area (Å²) in [5.41, 5.74) is 0.546. The molecule has 2 atom stereocenters. The van der Waals surface area contributed by atoms with Crippen molar-refractivity contribution in [2.24, 2.45) is 7.05 Å². The van der Waals surface area contributed by atoms with Crippen LogP contribution >= 0.6 is 0 Å². The number of nitrogens with zero attached hydrogens (tertiary/aromatic N) is 1. The smallest absolute Gasteiger partial charge is 0.354 e. The second-order valence-electron chi connectivity index (χ2n) is 7.81. The molecule has 9 heteroatoms. The molecule has 1 aliphatic rings. The topological polar surface area (TPSA) is 112 Å². The quantitative estimate of drug-likeness (QED) is 0.555. The van der Waals surface area contributed by atoms with Crippen LogP contribution in [0, 0.1) is 0 Å². The highest BCUT2D eigenvalue weighted by atomic mass is 32.2. The molecule has 1 aromatic heterocycles. The molecule has 0 saturated carbocycles. The van der Waals surface area contributed by atoms with Gasteiger partial charge in [-0.2, -0.15) is 0 Å². The summed E-state index contributed by atoms with van der Waals surface area (Å²) in [4.78, 5) is 25.4. The normalized spacial score (nSPS) is 17.7. The number of carbonyl (C=O) groups excluding carboxylic acids is 2. The molecule has 8 nitrogen and oxygen atoms in total. The number of hydrogen-bond donors (Lipinski definition) is 1. The molecule has 1 aliphatic carbocycles. The summed E-state index contributed by atoms with van der Waals surface area (Å²) in [7, 11) is -0.272. The number of fused-ring (bicyclic) bond motifs is 1. The van der Waals surface area contributed by atoms with Crippen LogP contribution < -0.4 is 0 Å². The number of hydrogen-bond acceptors (Lipinski definition) is 7. The summed E-state index contributed by atoms with van der Waals surface area (Å²) in [6.07, 6.45) is 0. The van der Waals surface area contributed by atoms with Crippen molar-refractivity contribution in [3.05, 3.63) is 94.8 Å². The molecule has 0 amide bonds. The number of methoxy groups -OCH3 is 2. The van der Waals surface area contributed by atoms with Crippen LogP contribution in [0.2, 0.25) is 0 Å². The van der Waals surface area contributed by atoms with Gasteiger partial charge >= 0.3 is 11.9 Å². The van der Waals surface area contributed by atoms with E-state index in [1.807, 2.05) is 0 Å². The highest BCUT2D eigenvalue weighted by Crippen LogP contribution is 2.52. The van der Waals surface area contributed by atoms with Crippen LogP contribution in [0.15, 0.2) is 77.2 Å². The lowest BCUT2D eigenvalue weighted by atomic mass is 9.80. The lowest BCUT2D eigenvalue weighted by molar-refractivity contribution is -0.136. The van der Waals surface area contributed by atoms with E-state index in [9.17, 15) is 23.1 Å². The van der Waals surface area contributed by atoms with E-state index in [0.29, 0.717) is 5.56 Å². The number of aliphatic hydroxyl groups is 1. The summed E-state index contributed by atoms with van der Waals surface area (Å²) >= 11 is 0. The molecule has 0 aliphatic heterocycles. The number of aromatic nitrogens is 1. The lowest BCUT2D eigenvalue weighted by Crippen LogP contribution is -2.31. The Morgan fingerprint density at radius 1 is 0.912 bits per heavy atom. The molecular formula is C25H23NO7S. The minimum atomic E-state index is -4.13. The van der Waals surface area contributed by atoms with E-state index in [2.05, 4.69) is 0 Å². The van der Waals surface area contributed by atoms with Gasteiger partial charge in [-0.15, -0.1) is 0 Å². The molecule has 2 aromatic carbocycles. The standard InChI is InChI=1S/C25H23NO7S/c1-26-18(24(28)32-2)14-17-21(26)22(27)20(25(29)33-3)19(15-10-6-4-7-11-15)23(17)34(30,31)16-12-8-5-9-13-16/h4-14,19,23,27H,1-3H3/t19-,23-/m0/s1. The fourth-order valence-corrected chi connectivity index (χ4v) is 6.48. The summed E-state index contributed by atoms with van der Waals surface area (Å²) < 4.78 is 39.3. The Kier molecular flexibility index (Phi) is 6.05. The first-order valence-corrected chi connectivity index (χ1v) is 11.9. The second-order valence-corrected chi connectivity index (χ2v) is 9.87. The SMILES string of the molecule is COC(=O)C1=C(O)c2c(cc(C(=O)OC)n2C)[C@H](S(=O)(=O)c2ccccc2)[C@H]1c1ccccc1. The van der Waals surface area contributed by atoms with Crippen LogP contribution in [0.25, 0.3) is 5.76 Å². The third kappa shape index (κ3) is 3.58. The Hall–Kier alpha value is -3.85. The van der Waals surface area contributed by atoms with Gasteiger partial charge in [0.2, 0.25) is 0 Å². The lowest BCUT2D eigenvalue weighted by Gasteiger charge is -2.33. The molecule has 0 unspecified atom stereocenters. The van der Waals surface area contributed by atoms with Gasteiger partial charge in [-0.25, -0.2) is 18.0 Å². The summed E-state index contributed by atoms with van der Waals surface area (Å²) in [5, 5.41) is 9.94. The fourth-order valence-electron chi connectivity index (χ4n) is 4.48. The van der Waals surface area contributed by atoms with Gasteiger partial charge in [-0.05, 0) is 23.8 Å². The van der Waals surface area contributed by atoms with E-state index in [4.69, 9.17) is 9.47 Å². The maximum atomic E-state index is 14.1. The third-order valence-electron chi connectivity index (χ3n) is 6.03. The number of ether oxygens (including phenoxy) is 2. The first kappa shape index (κ1) is 23.3. The van der Waals surface area contributed by atoms with Gasteiger partial charge < -0.3 is 19.1 Å². The number of benzene rings is 2. The number of rotatable bonds is 5. The van der Waals surface area contributed by atoms with Gasteiger partial charge in [-0.3, -0.25) is 0 Å². The van der Waals surface area contributed by atoms with Crippen molar-refractivity contribution in [1.29, 1.82) is 0 Å². The summed E-state index contributed by atoms with van der Waals surface area (Å²) in [6, 6.07) is 17.8. The highest BCUT2D eigenvalue weighted by Gasteiger charge is 2.49. The van der Waals surface area contributed by atoms with Gasteiger partial charge in [0.15, 0.2) is 15.6 Å². The molecule has 4 rings (SSSR count). The van der Waals surface area contributed by atoms with E-state index >= 15 is 0 Å². The van der Waals surface area contributed by atoms with Crippen molar-refractivity contribution in [3.8, 4) is 0 Å². The van der Waals surface area contributed by atoms with Crippen molar-refractivity contribution in [2.45, 2.75) is 16.1 Å². The predicted octanol–water partition coefficient (Wildman–Crippen LogP) is 3.57. The molecule has 176 valence electrons. The summed E-state index contributed by atoms with van der Waals surface area (Å²) in [5.74, 6) is -3.13. The van der Waals surface area contributed by atoms with Crippen LogP contribution in [0.3, 0.4) is 0 Å². The Bertz CT molecular complexity index is 1390. The van der Waals surface area contributed by atoms with E-state index < -0.39 is 38.7 Å². The third-order valence-corrected chi connectivity index (χ3v) is 8.15. The van der Waals surface area contributed by atoms with Crippen molar-refractivity contribution in [3.63, 3.8) is 0 Å². The minimum Gasteiger partial charge on any atom is -0.505 e. The number of aliphatic hydroxyl groups excluding tert-OH is 1. The van der Waals surface area contributed by atoms with E-state index in [1.54, 1.807) is 48.5 Å². The van der Waals surface area contributed by atoms with Crippen LogP contribution in [-0.2, 0) is 31.2 Å². The van der Waals surface area contributed by atoms with Gasteiger partial charge in [0, 0.05) is 18.5 Å². The van der Waals surface area contributed by atoms with Gasteiger partial charge in [-0.1, -0.05) is 48.5 Å². The molecule has 0 fully saturated rings. The van der Waals surface area contributed by atoms with Crippen molar-refractivity contribution >= 4 is 27.5 Å². The van der Waals surface area contributed by atoms with Gasteiger partial charge in [0.25, 0.3) is 0 Å². The van der Waals surface area contributed by atoms with Gasteiger partial charge in [0.1, 0.15) is 10.9 Å². The average molecular weight is 482 g/mol. The monoisotopic (exact) mass is 481 g/mol. The van der Waals surface area contributed by atoms with Crippen LogP contribution in [0.5, 0.6) is 0 Å². The molecule has 34 heavy (non-hydrogen) atoms. The zero-order chi connectivity index (χ0) is 24.6. The first-order chi connectivity index (χ1) is 16.2. The van der Waals surface area contributed by atoms with E-state index in [1.165, 1.54) is 36.9 Å². The molecule has 1 N–H and O–H groups in total. The fraction of sp³-hybridized carbons (Fsp3) is 0.200. The molecule has 0 radical (unpaired) electrons. The van der Waals surface area contributed by atoms with Crippen molar-refractivity contribution < 1.29 is 32.6 Å². The number of carbonyl (C=O) groups is 2. The zero-order valence-corrected chi connectivity index (χ0v) is 19.6. The minimum absolute atomic E-state index is 0.0326. The maximum absolute atomic E-state index is 14.1. The molecule has 0 saturated heterocycles. The Labute approximate surface area is 197 Å². The zero-order valence-electron chi connectivity index (χ0n) is 18.8. The Morgan fingerprint density at radius 2 is 1.47 bits per heavy atom. The van der Waals surface area contributed by atoms with Gasteiger partial charge in [0.05, 0.1) is 30.4 Å².